The summed E-state index contributed by atoms with van der Waals surface area (Å²) in [7, 11) is 0. The number of nitrogens with zero attached hydrogens (tertiary/aromatic N) is 1. The molecule has 8 heteroatoms. The normalized spacial score (nSPS) is 22.2. The summed E-state index contributed by atoms with van der Waals surface area (Å²) in [6.45, 7) is 1.42. The van der Waals surface area contributed by atoms with Crippen LogP contribution >= 0.6 is 15.9 Å². The quantitative estimate of drug-likeness (QED) is 0.671. The lowest BCUT2D eigenvalue weighted by Gasteiger charge is -2.27. The Morgan fingerprint density at radius 1 is 1.06 bits per heavy atom. The second-order valence-electron chi connectivity index (χ2n) is 7.96. The highest BCUT2D eigenvalue weighted by Crippen LogP contribution is 2.34. The van der Waals surface area contributed by atoms with Gasteiger partial charge in [-0.3, -0.25) is 19.3 Å². The van der Waals surface area contributed by atoms with Gasteiger partial charge in [0.25, 0.3) is 17.7 Å². The van der Waals surface area contributed by atoms with Gasteiger partial charge in [0.15, 0.2) is 0 Å². The van der Waals surface area contributed by atoms with Crippen LogP contribution in [0.3, 0.4) is 0 Å². The van der Waals surface area contributed by atoms with Gasteiger partial charge in [-0.05, 0) is 49.2 Å². The third-order valence-corrected chi connectivity index (χ3v) is 6.45. The molecule has 160 valence electrons. The molecule has 0 radical (unpaired) electrons. The van der Waals surface area contributed by atoms with Crippen molar-refractivity contribution in [1.82, 2.24) is 10.2 Å². The first-order valence-electron chi connectivity index (χ1n) is 10.4. The van der Waals surface area contributed by atoms with Crippen LogP contribution in [0, 0.1) is 0 Å². The van der Waals surface area contributed by atoms with E-state index in [1.807, 2.05) is 18.2 Å². The van der Waals surface area contributed by atoms with E-state index < -0.39 is 0 Å². The summed E-state index contributed by atoms with van der Waals surface area (Å²) >= 11 is 3.46. The fourth-order valence-electron chi connectivity index (χ4n) is 4.35. The van der Waals surface area contributed by atoms with Crippen LogP contribution in [0.2, 0.25) is 0 Å². The molecule has 1 saturated heterocycles. The van der Waals surface area contributed by atoms with E-state index in [0.717, 1.165) is 28.6 Å². The second-order valence-corrected chi connectivity index (χ2v) is 8.88. The van der Waals surface area contributed by atoms with Gasteiger partial charge in [0, 0.05) is 28.6 Å². The van der Waals surface area contributed by atoms with E-state index >= 15 is 0 Å². The van der Waals surface area contributed by atoms with Crippen molar-refractivity contribution < 1.29 is 23.9 Å². The molecule has 2 atom stereocenters. The van der Waals surface area contributed by atoms with Gasteiger partial charge < -0.3 is 14.8 Å². The smallest absolute Gasteiger partial charge is 0.261 e. The maximum atomic E-state index is 13.0. The van der Waals surface area contributed by atoms with E-state index in [1.165, 1.54) is 11.0 Å². The average Bonchev–Trinajstić information content (AvgIpc) is 3.37. The van der Waals surface area contributed by atoms with Gasteiger partial charge in [0.05, 0.1) is 36.4 Å². The third-order valence-electron chi connectivity index (χ3n) is 5.96. The zero-order valence-corrected chi connectivity index (χ0v) is 18.3. The van der Waals surface area contributed by atoms with Crippen LogP contribution < -0.4 is 10.1 Å². The Bertz CT molecular complexity index is 1080. The van der Waals surface area contributed by atoms with Gasteiger partial charge in [-0.25, -0.2) is 0 Å². The lowest BCUT2D eigenvalue weighted by Crippen LogP contribution is -2.36. The number of carbonyl (C=O) groups is 3. The molecule has 3 aliphatic heterocycles. The summed E-state index contributed by atoms with van der Waals surface area (Å²) in [5.74, 6) is -0.242. The van der Waals surface area contributed by atoms with E-state index in [2.05, 4.69) is 21.2 Å². The van der Waals surface area contributed by atoms with Crippen molar-refractivity contribution in [2.45, 2.75) is 31.4 Å². The summed E-state index contributed by atoms with van der Waals surface area (Å²) < 4.78 is 12.2. The minimum Gasteiger partial charge on any atom is -0.493 e. The van der Waals surface area contributed by atoms with Gasteiger partial charge >= 0.3 is 0 Å². The molecule has 7 nitrogen and oxygen atoms in total. The molecular weight excluding hydrogens is 464 g/mol. The lowest BCUT2D eigenvalue weighted by atomic mass is 9.99. The van der Waals surface area contributed by atoms with Gasteiger partial charge in [-0.2, -0.15) is 0 Å². The van der Waals surface area contributed by atoms with Gasteiger partial charge in [-0.1, -0.05) is 15.9 Å². The van der Waals surface area contributed by atoms with Crippen LogP contribution in [-0.4, -0.2) is 48.5 Å². The first kappa shape index (κ1) is 20.2. The summed E-state index contributed by atoms with van der Waals surface area (Å²) in [5.41, 5.74) is 1.86. The van der Waals surface area contributed by atoms with Crippen LogP contribution in [0.4, 0.5) is 0 Å². The highest BCUT2D eigenvalue weighted by molar-refractivity contribution is 9.10. The van der Waals surface area contributed by atoms with Gasteiger partial charge in [-0.15, -0.1) is 0 Å². The van der Waals surface area contributed by atoms with Crippen molar-refractivity contribution in [3.8, 4) is 5.75 Å². The monoisotopic (exact) mass is 484 g/mol. The van der Waals surface area contributed by atoms with Crippen molar-refractivity contribution in [1.29, 1.82) is 0 Å². The molecule has 31 heavy (non-hydrogen) atoms. The largest absolute Gasteiger partial charge is 0.493 e. The van der Waals surface area contributed by atoms with Crippen molar-refractivity contribution >= 4 is 33.7 Å². The predicted octanol–water partition coefficient (Wildman–Crippen LogP) is 3.48. The minimum absolute atomic E-state index is 0.113. The van der Waals surface area contributed by atoms with E-state index in [9.17, 15) is 14.4 Å². The summed E-state index contributed by atoms with van der Waals surface area (Å²) in [6.07, 6.45) is 2.30. The highest BCUT2D eigenvalue weighted by atomic mass is 79.9. The number of ether oxygens (including phenoxy) is 2. The molecule has 0 spiro atoms. The summed E-state index contributed by atoms with van der Waals surface area (Å²) in [5, 5.41) is 3.04. The number of rotatable bonds is 4. The molecule has 2 aromatic carbocycles. The Balaban J connectivity index is 1.35. The van der Waals surface area contributed by atoms with Gasteiger partial charge in [0.1, 0.15) is 5.75 Å². The maximum absolute atomic E-state index is 13.0. The fourth-order valence-corrected chi connectivity index (χ4v) is 4.73. The van der Waals surface area contributed by atoms with Crippen molar-refractivity contribution in [3.63, 3.8) is 0 Å². The number of carbonyl (C=O) groups excluding carboxylic acids is 3. The number of halogens is 1. The minimum atomic E-state index is -0.370. The maximum Gasteiger partial charge on any atom is 0.261 e. The number of benzene rings is 2. The van der Waals surface area contributed by atoms with Crippen LogP contribution in [0.1, 0.15) is 61.9 Å². The Hall–Kier alpha value is -2.71. The predicted molar refractivity (Wildman–Crippen MR) is 115 cm³/mol. The number of hydrogen-bond acceptors (Lipinski definition) is 5. The number of hydrogen-bond donors (Lipinski definition) is 1. The van der Waals surface area contributed by atoms with Crippen LogP contribution in [0.15, 0.2) is 40.9 Å². The molecule has 0 bridgehead atoms. The Morgan fingerprint density at radius 3 is 2.71 bits per heavy atom. The Morgan fingerprint density at radius 2 is 1.90 bits per heavy atom. The van der Waals surface area contributed by atoms with Crippen molar-refractivity contribution in [3.05, 3.63) is 63.1 Å². The molecule has 2 unspecified atom stereocenters. The molecule has 3 heterocycles. The molecule has 1 fully saturated rings. The van der Waals surface area contributed by atoms with Crippen LogP contribution in [-0.2, 0) is 4.74 Å². The molecular formula is C23H21BrN2O5. The molecule has 0 saturated carbocycles. The van der Waals surface area contributed by atoms with Crippen LogP contribution in [0.5, 0.6) is 5.75 Å². The first-order valence-corrected chi connectivity index (χ1v) is 11.2. The standard InChI is InChI=1S/C23H21BrN2O5/c24-14-4-6-20-18(11-14)19(7-9-31-20)25-21(27)13-3-5-16-17(10-13)23(29)26(22(16)28)12-15-2-1-8-30-15/h3-6,10-11,15,19H,1-2,7-9,12H2,(H,25,27). The van der Waals surface area contributed by atoms with Crippen LogP contribution in [0.25, 0.3) is 0 Å². The van der Waals surface area contributed by atoms with E-state index in [1.54, 1.807) is 12.1 Å². The lowest BCUT2D eigenvalue weighted by molar-refractivity contribution is 0.0475. The average molecular weight is 485 g/mol. The molecule has 5 rings (SSSR count). The number of imide groups is 1. The first-order chi connectivity index (χ1) is 15.0. The Kier molecular flexibility index (Phi) is 5.27. The van der Waals surface area contributed by atoms with Gasteiger partial charge in [0.2, 0.25) is 0 Å². The SMILES string of the molecule is O=C(NC1CCOc2ccc(Br)cc21)c1ccc2c(c1)C(=O)N(CC1CCCO1)C2=O. The summed E-state index contributed by atoms with van der Waals surface area (Å²) in [6, 6.07) is 10.2. The fraction of sp³-hybridized carbons (Fsp3) is 0.348. The second kappa shape index (κ2) is 8.09. The van der Waals surface area contributed by atoms with E-state index in [4.69, 9.17) is 9.47 Å². The third kappa shape index (κ3) is 3.74. The topological polar surface area (TPSA) is 84.9 Å². The summed E-state index contributed by atoms with van der Waals surface area (Å²) in [4.78, 5) is 39.7. The molecule has 3 amide bonds. The number of fused-ring (bicyclic) bond motifs is 2. The zero-order chi connectivity index (χ0) is 21.5. The number of amides is 3. The molecule has 0 aliphatic carbocycles. The van der Waals surface area contributed by atoms with Crippen molar-refractivity contribution in [2.75, 3.05) is 19.8 Å². The number of nitrogens with one attached hydrogen (secondary N) is 1. The molecule has 2 aromatic rings. The Labute approximate surface area is 187 Å². The zero-order valence-electron chi connectivity index (χ0n) is 16.7. The highest BCUT2D eigenvalue weighted by Gasteiger charge is 2.38. The van der Waals surface area contributed by atoms with E-state index in [0.29, 0.717) is 30.8 Å². The molecule has 3 aliphatic rings. The van der Waals surface area contributed by atoms with E-state index in [-0.39, 0.29) is 42.0 Å². The molecule has 0 aromatic heterocycles. The molecule has 1 N–H and O–H groups in total. The van der Waals surface area contributed by atoms with Crippen molar-refractivity contribution in [2.24, 2.45) is 0 Å².